The van der Waals surface area contributed by atoms with Crippen LogP contribution in [-0.4, -0.2) is 9.67 Å². The minimum Gasteiger partial charge on any atom is -0.386 e. The van der Waals surface area contributed by atoms with Gasteiger partial charge in [0.05, 0.1) is 16.2 Å². The Morgan fingerprint density at radius 2 is 1.95 bits per heavy atom. The molecule has 1 aliphatic rings. The molecular formula is C17H21NO2S. The van der Waals surface area contributed by atoms with Crippen molar-refractivity contribution in [2.24, 2.45) is 0 Å². The van der Waals surface area contributed by atoms with Crippen LogP contribution in [0.3, 0.4) is 0 Å². The molecule has 1 N–H and O–H groups in total. The summed E-state index contributed by atoms with van der Waals surface area (Å²) >= 11 is 1.65. The van der Waals surface area contributed by atoms with Gasteiger partial charge in [0.1, 0.15) is 0 Å². The fraction of sp³-hybridized carbons (Fsp3) is 0.471. The van der Waals surface area contributed by atoms with E-state index in [9.17, 15) is 9.90 Å². The van der Waals surface area contributed by atoms with Gasteiger partial charge in [-0.1, -0.05) is 18.9 Å². The van der Waals surface area contributed by atoms with Gasteiger partial charge in [-0.25, -0.2) is 0 Å². The van der Waals surface area contributed by atoms with Crippen LogP contribution < -0.4 is 5.56 Å². The molecule has 0 saturated heterocycles. The molecule has 3 nitrogen and oxygen atoms in total. The summed E-state index contributed by atoms with van der Waals surface area (Å²) in [6.45, 7) is 3.35. The van der Waals surface area contributed by atoms with Crippen LogP contribution in [0.2, 0.25) is 0 Å². The van der Waals surface area contributed by atoms with E-state index >= 15 is 0 Å². The summed E-state index contributed by atoms with van der Waals surface area (Å²) in [5, 5.41) is 12.3. The zero-order valence-electron chi connectivity index (χ0n) is 12.5. The minimum absolute atomic E-state index is 0.0414. The Labute approximate surface area is 128 Å². The number of rotatable bonds is 3. The molecule has 1 aliphatic carbocycles. The summed E-state index contributed by atoms with van der Waals surface area (Å²) in [5.74, 6) is 0. The van der Waals surface area contributed by atoms with Crippen molar-refractivity contribution in [1.82, 2.24) is 4.57 Å². The molecule has 2 heterocycles. The molecule has 0 bridgehead atoms. The normalized spacial score (nSPS) is 16.5. The highest BCUT2D eigenvalue weighted by molar-refractivity contribution is 7.13. The third kappa shape index (κ3) is 2.70. The van der Waals surface area contributed by atoms with Crippen molar-refractivity contribution in [2.75, 3.05) is 0 Å². The lowest BCUT2D eigenvalue weighted by Gasteiger charge is -2.23. The summed E-state index contributed by atoms with van der Waals surface area (Å²) in [7, 11) is 0. The van der Waals surface area contributed by atoms with Gasteiger partial charge in [0.15, 0.2) is 0 Å². The van der Waals surface area contributed by atoms with Crippen LogP contribution in [0.4, 0.5) is 0 Å². The number of aliphatic hydroxyl groups is 1. The molecule has 2 aromatic rings. The number of hydrogen-bond acceptors (Lipinski definition) is 3. The van der Waals surface area contributed by atoms with E-state index in [1.807, 2.05) is 22.1 Å². The summed E-state index contributed by atoms with van der Waals surface area (Å²) in [6, 6.07) is 8.08. The molecular weight excluding hydrogens is 282 g/mol. The molecule has 0 atom stereocenters. The maximum absolute atomic E-state index is 12.9. The van der Waals surface area contributed by atoms with Gasteiger partial charge < -0.3 is 9.67 Å². The molecule has 4 heteroatoms. The zero-order chi connectivity index (χ0) is 15.0. The van der Waals surface area contributed by atoms with E-state index in [4.69, 9.17) is 0 Å². The van der Waals surface area contributed by atoms with Gasteiger partial charge in [-0.15, -0.1) is 11.3 Å². The van der Waals surface area contributed by atoms with Gasteiger partial charge in [0.2, 0.25) is 0 Å². The monoisotopic (exact) mass is 303 g/mol. The summed E-state index contributed by atoms with van der Waals surface area (Å²) < 4.78 is 1.92. The van der Waals surface area contributed by atoms with Gasteiger partial charge in [0.25, 0.3) is 5.56 Å². The van der Waals surface area contributed by atoms with Crippen molar-refractivity contribution in [2.45, 2.75) is 51.2 Å². The highest BCUT2D eigenvalue weighted by Crippen LogP contribution is 2.34. The van der Waals surface area contributed by atoms with Crippen molar-refractivity contribution in [3.8, 4) is 10.6 Å². The lowest BCUT2D eigenvalue weighted by atomic mass is 9.99. The lowest BCUT2D eigenvalue weighted by Crippen LogP contribution is -2.34. The second kappa shape index (κ2) is 5.43. The number of aromatic nitrogens is 1. The van der Waals surface area contributed by atoms with E-state index in [-0.39, 0.29) is 11.6 Å². The SMILES string of the molecule is CC(C)(O)c1ccc(-c2cccs2)n(C2CCCC2)c1=O. The maximum Gasteiger partial charge on any atom is 0.257 e. The predicted molar refractivity (Wildman–Crippen MR) is 86.8 cm³/mol. The van der Waals surface area contributed by atoms with E-state index in [0.717, 1.165) is 23.4 Å². The highest BCUT2D eigenvalue weighted by atomic mass is 32.1. The standard InChI is InChI=1S/C17H21NO2S/c1-17(2,20)13-9-10-14(15-8-5-11-21-15)18(16(13)19)12-6-3-4-7-12/h5,8-12,20H,3-4,6-7H2,1-2H3. The molecule has 2 aromatic heterocycles. The van der Waals surface area contributed by atoms with Crippen molar-refractivity contribution < 1.29 is 5.11 Å². The van der Waals surface area contributed by atoms with Crippen LogP contribution in [0.5, 0.6) is 0 Å². The van der Waals surface area contributed by atoms with Gasteiger partial charge in [0, 0.05) is 11.6 Å². The van der Waals surface area contributed by atoms with Crippen molar-refractivity contribution >= 4 is 11.3 Å². The highest BCUT2D eigenvalue weighted by Gasteiger charge is 2.27. The summed E-state index contributed by atoms with van der Waals surface area (Å²) in [6.07, 6.45) is 4.45. The molecule has 0 unspecified atom stereocenters. The van der Waals surface area contributed by atoms with E-state index in [1.165, 1.54) is 12.8 Å². The van der Waals surface area contributed by atoms with Crippen LogP contribution in [0.1, 0.15) is 51.1 Å². The second-order valence-corrected chi connectivity index (χ2v) is 7.23. The Balaban J connectivity index is 2.22. The van der Waals surface area contributed by atoms with Crippen LogP contribution in [0.15, 0.2) is 34.4 Å². The first-order valence-electron chi connectivity index (χ1n) is 7.51. The van der Waals surface area contributed by atoms with Crippen molar-refractivity contribution in [3.63, 3.8) is 0 Å². The third-order valence-corrected chi connectivity index (χ3v) is 5.13. The van der Waals surface area contributed by atoms with Crippen LogP contribution >= 0.6 is 11.3 Å². The summed E-state index contributed by atoms with van der Waals surface area (Å²) in [4.78, 5) is 14.0. The smallest absolute Gasteiger partial charge is 0.257 e. The fourth-order valence-electron chi connectivity index (χ4n) is 3.17. The number of hydrogen-bond donors (Lipinski definition) is 1. The molecule has 1 fully saturated rings. The molecule has 0 aromatic carbocycles. The molecule has 0 aliphatic heterocycles. The van der Waals surface area contributed by atoms with Crippen molar-refractivity contribution in [3.05, 3.63) is 45.6 Å². The van der Waals surface area contributed by atoms with Crippen LogP contribution in [0.25, 0.3) is 10.6 Å². The number of nitrogens with zero attached hydrogens (tertiary/aromatic N) is 1. The Kier molecular flexibility index (Phi) is 3.76. The van der Waals surface area contributed by atoms with Crippen molar-refractivity contribution in [1.29, 1.82) is 0 Å². The maximum atomic E-state index is 12.9. The Morgan fingerprint density at radius 1 is 1.24 bits per heavy atom. The van der Waals surface area contributed by atoms with Gasteiger partial charge >= 0.3 is 0 Å². The van der Waals surface area contributed by atoms with E-state index in [2.05, 4.69) is 6.07 Å². The first kappa shape index (κ1) is 14.5. The molecule has 3 rings (SSSR count). The third-order valence-electron chi connectivity index (χ3n) is 4.24. The van der Waals surface area contributed by atoms with E-state index in [0.29, 0.717) is 5.56 Å². The Bertz CT molecular complexity index is 674. The molecule has 21 heavy (non-hydrogen) atoms. The average Bonchev–Trinajstić information content (AvgIpc) is 3.10. The minimum atomic E-state index is -1.11. The van der Waals surface area contributed by atoms with Crippen LogP contribution in [0, 0.1) is 0 Å². The average molecular weight is 303 g/mol. The molecule has 0 spiro atoms. The molecule has 0 radical (unpaired) electrons. The molecule has 0 amide bonds. The Morgan fingerprint density at radius 3 is 2.52 bits per heavy atom. The topological polar surface area (TPSA) is 42.2 Å². The lowest BCUT2D eigenvalue weighted by molar-refractivity contribution is 0.0763. The first-order valence-corrected chi connectivity index (χ1v) is 8.39. The fourth-order valence-corrected chi connectivity index (χ4v) is 3.92. The van der Waals surface area contributed by atoms with Crippen LogP contribution in [-0.2, 0) is 5.60 Å². The van der Waals surface area contributed by atoms with E-state index < -0.39 is 5.60 Å². The Hall–Kier alpha value is -1.39. The van der Waals surface area contributed by atoms with Gasteiger partial charge in [-0.3, -0.25) is 4.79 Å². The number of thiophene rings is 1. The first-order chi connectivity index (χ1) is 9.98. The summed E-state index contributed by atoms with van der Waals surface area (Å²) in [5.41, 5.74) is 0.315. The molecule has 1 saturated carbocycles. The second-order valence-electron chi connectivity index (χ2n) is 6.28. The number of pyridine rings is 1. The zero-order valence-corrected chi connectivity index (χ0v) is 13.3. The van der Waals surface area contributed by atoms with E-state index in [1.54, 1.807) is 31.3 Å². The predicted octanol–water partition coefficient (Wildman–Crippen LogP) is 3.92. The van der Waals surface area contributed by atoms with Gasteiger partial charge in [-0.2, -0.15) is 0 Å². The van der Waals surface area contributed by atoms with Gasteiger partial charge in [-0.05, 0) is 50.3 Å². The quantitative estimate of drug-likeness (QED) is 0.934. The largest absolute Gasteiger partial charge is 0.386 e. The molecule has 112 valence electrons.